The highest BCUT2D eigenvalue weighted by molar-refractivity contribution is 5.51. The summed E-state index contributed by atoms with van der Waals surface area (Å²) in [5.74, 6) is 2.56. The van der Waals surface area contributed by atoms with Crippen LogP contribution in [0.4, 0.5) is 19.1 Å². The number of anilines is 1. The van der Waals surface area contributed by atoms with E-state index in [1.165, 1.54) is 25.0 Å². The Kier molecular flexibility index (Phi) is 7.84. The van der Waals surface area contributed by atoms with Gasteiger partial charge in [0.2, 0.25) is 5.95 Å². The fraction of sp³-hybridized carbons (Fsp3) is 0.652. The largest absolute Gasteiger partial charge is 0.433 e. The molecule has 0 radical (unpaired) electrons. The van der Waals surface area contributed by atoms with E-state index in [0.717, 1.165) is 44.1 Å². The van der Waals surface area contributed by atoms with Crippen molar-refractivity contribution in [2.24, 2.45) is 11.8 Å². The van der Waals surface area contributed by atoms with Gasteiger partial charge in [0.05, 0.1) is 0 Å². The van der Waals surface area contributed by atoms with E-state index >= 15 is 0 Å². The molecule has 1 saturated carbocycles. The van der Waals surface area contributed by atoms with Crippen LogP contribution in [0.15, 0.2) is 18.2 Å². The number of alkyl halides is 3. The van der Waals surface area contributed by atoms with Gasteiger partial charge < -0.3 is 5.32 Å². The van der Waals surface area contributed by atoms with Crippen molar-refractivity contribution < 1.29 is 13.2 Å². The molecule has 1 aliphatic carbocycles. The normalized spacial score (nSPS) is 16.2. The third-order valence-corrected chi connectivity index (χ3v) is 5.82. The van der Waals surface area contributed by atoms with Gasteiger partial charge in [-0.2, -0.15) is 23.1 Å². The standard InChI is InChI=1S/C23H32F3N5/c1-4-5-6-8-16(3)27-22-30-20(14-11-15(2)17-12-13-17)29-21(31-22)18-9-7-10-19(28-18)23(24,25)26/h7,9-10,15-17H,4-6,8,11-14H2,1-3H3,(H,27,29,30,31)/t15-,16?/m0/s1. The molecule has 0 aliphatic heterocycles. The molecule has 3 rings (SSSR count). The van der Waals surface area contributed by atoms with Crippen LogP contribution in [0.1, 0.15) is 77.2 Å². The molecular formula is C23H32F3N5. The quantitative estimate of drug-likeness (QED) is 0.419. The van der Waals surface area contributed by atoms with Crippen LogP contribution in [-0.4, -0.2) is 26.0 Å². The molecule has 1 N–H and O–H groups in total. The van der Waals surface area contributed by atoms with E-state index in [1.54, 1.807) is 0 Å². The van der Waals surface area contributed by atoms with Crippen LogP contribution in [0, 0.1) is 11.8 Å². The SMILES string of the molecule is CCCCCC(C)Nc1nc(CC[C@H](C)C2CC2)nc(-c2cccc(C(F)(F)F)n2)n1. The minimum Gasteiger partial charge on any atom is -0.352 e. The lowest BCUT2D eigenvalue weighted by atomic mass is 10.0. The molecule has 5 nitrogen and oxygen atoms in total. The van der Waals surface area contributed by atoms with Crippen LogP contribution in [0.25, 0.3) is 11.5 Å². The number of halogens is 3. The zero-order chi connectivity index (χ0) is 22.4. The summed E-state index contributed by atoms with van der Waals surface area (Å²) in [6, 6.07) is 3.96. The molecule has 8 heteroatoms. The number of nitrogens with one attached hydrogen (secondary N) is 1. The molecule has 2 aromatic heterocycles. The summed E-state index contributed by atoms with van der Waals surface area (Å²) < 4.78 is 39.4. The maximum atomic E-state index is 13.1. The number of rotatable bonds is 11. The van der Waals surface area contributed by atoms with E-state index in [2.05, 4.69) is 46.0 Å². The third kappa shape index (κ3) is 7.14. The van der Waals surface area contributed by atoms with E-state index in [0.29, 0.717) is 24.1 Å². The van der Waals surface area contributed by atoms with Crippen LogP contribution in [0.5, 0.6) is 0 Å². The second-order valence-electron chi connectivity index (χ2n) is 8.70. The molecule has 0 aromatic carbocycles. The Bertz CT molecular complexity index is 851. The van der Waals surface area contributed by atoms with Crippen LogP contribution in [-0.2, 0) is 12.6 Å². The van der Waals surface area contributed by atoms with Crippen LogP contribution in [0.2, 0.25) is 0 Å². The molecule has 0 bridgehead atoms. The maximum absolute atomic E-state index is 13.1. The number of hydrogen-bond donors (Lipinski definition) is 1. The first-order valence-electron chi connectivity index (χ1n) is 11.3. The zero-order valence-corrected chi connectivity index (χ0v) is 18.5. The minimum absolute atomic E-state index is 0.107. The molecule has 1 aliphatic rings. The fourth-order valence-electron chi connectivity index (χ4n) is 3.68. The van der Waals surface area contributed by atoms with Gasteiger partial charge in [0, 0.05) is 12.5 Å². The summed E-state index contributed by atoms with van der Waals surface area (Å²) in [4.78, 5) is 17.2. The smallest absolute Gasteiger partial charge is 0.352 e. The zero-order valence-electron chi connectivity index (χ0n) is 18.5. The molecule has 1 fully saturated rings. The molecule has 0 amide bonds. The predicted molar refractivity (Wildman–Crippen MR) is 115 cm³/mol. The van der Waals surface area contributed by atoms with E-state index in [1.807, 2.05) is 0 Å². The minimum atomic E-state index is -4.51. The average molecular weight is 436 g/mol. The summed E-state index contributed by atoms with van der Waals surface area (Å²) >= 11 is 0. The van der Waals surface area contributed by atoms with Crippen molar-refractivity contribution in [1.29, 1.82) is 0 Å². The average Bonchev–Trinajstić information content (AvgIpc) is 3.57. The molecular weight excluding hydrogens is 403 g/mol. The molecule has 2 aromatic rings. The summed E-state index contributed by atoms with van der Waals surface area (Å²) in [6.07, 6.45) is 4.05. The van der Waals surface area contributed by atoms with E-state index in [-0.39, 0.29) is 17.6 Å². The van der Waals surface area contributed by atoms with Crippen LogP contribution in [0.3, 0.4) is 0 Å². The Morgan fingerprint density at radius 2 is 1.81 bits per heavy atom. The first-order chi connectivity index (χ1) is 14.8. The highest BCUT2D eigenvalue weighted by Gasteiger charge is 2.33. The highest BCUT2D eigenvalue weighted by atomic mass is 19.4. The third-order valence-electron chi connectivity index (χ3n) is 5.82. The number of unbranched alkanes of at least 4 members (excludes halogenated alkanes) is 2. The van der Waals surface area contributed by atoms with Crippen molar-refractivity contribution in [1.82, 2.24) is 19.9 Å². The Morgan fingerprint density at radius 3 is 2.48 bits per heavy atom. The molecule has 1 unspecified atom stereocenters. The summed E-state index contributed by atoms with van der Waals surface area (Å²) in [6.45, 7) is 6.47. The van der Waals surface area contributed by atoms with Gasteiger partial charge in [-0.15, -0.1) is 0 Å². The molecule has 2 atom stereocenters. The summed E-state index contributed by atoms with van der Waals surface area (Å²) in [5, 5.41) is 3.31. The van der Waals surface area contributed by atoms with Gasteiger partial charge in [-0.1, -0.05) is 39.2 Å². The Hall–Kier alpha value is -2.25. The topological polar surface area (TPSA) is 63.6 Å². The van der Waals surface area contributed by atoms with Gasteiger partial charge in [0.25, 0.3) is 0 Å². The van der Waals surface area contributed by atoms with Crippen molar-refractivity contribution >= 4 is 5.95 Å². The van der Waals surface area contributed by atoms with Gasteiger partial charge in [-0.05, 0) is 56.6 Å². The first-order valence-corrected chi connectivity index (χ1v) is 11.3. The van der Waals surface area contributed by atoms with Gasteiger partial charge in [0.1, 0.15) is 17.2 Å². The van der Waals surface area contributed by atoms with E-state index in [4.69, 9.17) is 0 Å². The van der Waals surface area contributed by atoms with Crippen molar-refractivity contribution in [3.8, 4) is 11.5 Å². The van der Waals surface area contributed by atoms with Crippen LogP contribution >= 0.6 is 0 Å². The lowest BCUT2D eigenvalue weighted by molar-refractivity contribution is -0.141. The molecule has 170 valence electrons. The number of hydrogen-bond acceptors (Lipinski definition) is 5. The molecule has 31 heavy (non-hydrogen) atoms. The monoisotopic (exact) mass is 435 g/mol. The van der Waals surface area contributed by atoms with Crippen molar-refractivity contribution in [3.05, 3.63) is 29.7 Å². The Balaban J connectivity index is 1.83. The number of aryl methyl sites for hydroxylation is 1. The Morgan fingerprint density at radius 1 is 1.03 bits per heavy atom. The maximum Gasteiger partial charge on any atom is 0.433 e. The number of pyridine rings is 1. The lowest BCUT2D eigenvalue weighted by Crippen LogP contribution is -2.19. The second-order valence-corrected chi connectivity index (χ2v) is 8.70. The Labute approximate surface area is 182 Å². The van der Waals surface area contributed by atoms with Gasteiger partial charge in [-0.25, -0.2) is 9.97 Å². The molecule has 2 heterocycles. The van der Waals surface area contributed by atoms with Crippen LogP contribution < -0.4 is 5.32 Å². The van der Waals surface area contributed by atoms with Gasteiger partial charge >= 0.3 is 6.18 Å². The van der Waals surface area contributed by atoms with Gasteiger partial charge in [-0.3, -0.25) is 0 Å². The van der Waals surface area contributed by atoms with E-state index < -0.39 is 11.9 Å². The lowest BCUT2D eigenvalue weighted by Gasteiger charge is -2.16. The molecule has 0 saturated heterocycles. The number of aromatic nitrogens is 4. The van der Waals surface area contributed by atoms with Crippen molar-refractivity contribution in [2.75, 3.05) is 5.32 Å². The first kappa shape index (κ1) is 23.4. The molecule has 0 spiro atoms. The summed E-state index contributed by atoms with van der Waals surface area (Å²) in [7, 11) is 0. The second kappa shape index (κ2) is 10.4. The van der Waals surface area contributed by atoms with E-state index in [9.17, 15) is 13.2 Å². The van der Waals surface area contributed by atoms with Gasteiger partial charge in [0.15, 0.2) is 5.82 Å². The van der Waals surface area contributed by atoms with Crippen molar-refractivity contribution in [3.63, 3.8) is 0 Å². The van der Waals surface area contributed by atoms with Crippen molar-refractivity contribution in [2.45, 2.75) is 84.4 Å². The fourth-order valence-corrected chi connectivity index (χ4v) is 3.68. The highest BCUT2D eigenvalue weighted by Crippen LogP contribution is 2.38. The number of nitrogens with zero attached hydrogens (tertiary/aromatic N) is 4. The predicted octanol–water partition coefficient (Wildman–Crippen LogP) is 6.31. The summed E-state index contributed by atoms with van der Waals surface area (Å²) in [5.41, 5.74) is -0.841.